The van der Waals surface area contributed by atoms with Crippen molar-refractivity contribution < 1.29 is 19.5 Å². The van der Waals surface area contributed by atoms with Gasteiger partial charge in [0, 0.05) is 32.1 Å². The molecule has 0 radical (unpaired) electrons. The Bertz CT molecular complexity index is 627. The van der Waals surface area contributed by atoms with E-state index in [2.05, 4.69) is 0 Å². The summed E-state index contributed by atoms with van der Waals surface area (Å²) in [5, 5.41) is 9.21. The smallest absolute Gasteiger partial charge is 0.335 e. The topological polar surface area (TPSA) is 77.9 Å². The zero-order chi connectivity index (χ0) is 17.7. The summed E-state index contributed by atoms with van der Waals surface area (Å²) < 4.78 is 0. The van der Waals surface area contributed by atoms with Gasteiger partial charge < -0.3 is 14.9 Å². The van der Waals surface area contributed by atoms with Crippen molar-refractivity contribution >= 4 is 17.8 Å². The summed E-state index contributed by atoms with van der Waals surface area (Å²) in [6, 6.07) is 6.57. The standard InChI is InChI=1S/C18H24N2O4/c1-13(2)17(22)20-9-5-8-19(10-11-20)16(21)12-14-6-3-4-7-15(14)18(23)24/h3-4,6-7,13H,5,8-12H2,1-2H3,(H,23,24). The fraction of sp³-hybridized carbons (Fsp3) is 0.500. The van der Waals surface area contributed by atoms with Crippen LogP contribution < -0.4 is 0 Å². The second-order valence-corrected chi connectivity index (χ2v) is 6.35. The van der Waals surface area contributed by atoms with E-state index in [1.807, 2.05) is 18.7 Å². The first-order valence-electron chi connectivity index (χ1n) is 8.28. The van der Waals surface area contributed by atoms with Gasteiger partial charge in [-0.15, -0.1) is 0 Å². The molecule has 1 heterocycles. The average Bonchev–Trinajstić information content (AvgIpc) is 2.80. The minimum absolute atomic E-state index is 0.0466. The van der Waals surface area contributed by atoms with Gasteiger partial charge in [0.05, 0.1) is 12.0 Å². The minimum atomic E-state index is -1.03. The molecule has 0 saturated carbocycles. The number of carboxylic acids is 1. The Morgan fingerprint density at radius 3 is 2.33 bits per heavy atom. The van der Waals surface area contributed by atoms with Gasteiger partial charge in [0.25, 0.3) is 0 Å². The molecule has 1 N–H and O–H groups in total. The zero-order valence-electron chi connectivity index (χ0n) is 14.2. The van der Waals surface area contributed by atoms with Crippen molar-refractivity contribution in [3.63, 3.8) is 0 Å². The molecule has 1 aliphatic heterocycles. The van der Waals surface area contributed by atoms with E-state index < -0.39 is 5.97 Å². The summed E-state index contributed by atoms with van der Waals surface area (Å²) in [5.41, 5.74) is 0.687. The predicted octanol–water partition coefficient (Wildman–Crippen LogP) is 1.64. The molecule has 24 heavy (non-hydrogen) atoms. The highest BCUT2D eigenvalue weighted by atomic mass is 16.4. The number of carbonyl (C=O) groups excluding carboxylic acids is 2. The molecule has 1 saturated heterocycles. The Labute approximate surface area is 142 Å². The van der Waals surface area contributed by atoms with Crippen LogP contribution in [0.25, 0.3) is 0 Å². The number of hydrogen-bond donors (Lipinski definition) is 1. The molecule has 0 spiro atoms. The van der Waals surface area contributed by atoms with Crippen molar-refractivity contribution in [3.8, 4) is 0 Å². The van der Waals surface area contributed by atoms with Crippen LogP contribution in [0.1, 0.15) is 36.2 Å². The third-order valence-electron chi connectivity index (χ3n) is 4.24. The lowest BCUT2D eigenvalue weighted by atomic mass is 10.0. The van der Waals surface area contributed by atoms with Gasteiger partial charge in [0.1, 0.15) is 0 Å². The maximum atomic E-state index is 12.5. The van der Waals surface area contributed by atoms with Gasteiger partial charge in [0.2, 0.25) is 11.8 Å². The zero-order valence-corrected chi connectivity index (χ0v) is 14.2. The lowest BCUT2D eigenvalue weighted by molar-refractivity contribution is -0.135. The Balaban J connectivity index is 2.01. The van der Waals surface area contributed by atoms with Gasteiger partial charge in [-0.25, -0.2) is 4.79 Å². The van der Waals surface area contributed by atoms with E-state index in [-0.39, 0.29) is 29.7 Å². The lowest BCUT2D eigenvalue weighted by Crippen LogP contribution is -2.39. The van der Waals surface area contributed by atoms with Crippen molar-refractivity contribution in [2.75, 3.05) is 26.2 Å². The molecule has 1 aromatic rings. The van der Waals surface area contributed by atoms with Crippen LogP contribution in [0.2, 0.25) is 0 Å². The van der Waals surface area contributed by atoms with Gasteiger partial charge in [-0.05, 0) is 18.1 Å². The van der Waals surface area contributed by atoms with Crippen LogP contribution in [0.4, 0.5) is 0 Å². The van der Waals surface area contributed by atoms with E-state index in [1.165, 1.54) is 6.07 Å². The number of nitrogens with zero attached hydrogens (tertiary/aromatic N) is 2. The molecular weight excluding hydrogens is 308 g/mol. The van der Waals surface area contributed by atoms with E-state index >= 15 is 0 Å². The van der Waals surface area contributed by atoms with E-state index in [0.717, 1.165) is 6.42 Å². The highest BCUT2D eigenvalue weighted by Crippen LogP contribution is 2.13. The molecule has 1 aliphatic rings. The van der Waals surface area contributed by atoms with Gasteiger partial charge in [0.15, 0.2) is 0 Å². The molecule has 0 aromatic heterocycles. The molecule has 0 atom stereocenters. The van der Waals surface area contributed by atoms with E-state index in [0.29, 0.717) is 31.7 Å². The Morgan fingerprint density at radius 1 is 1.04 bits per heavy atom. The highest BCUT2D eigenvalue weighted by molar-refractivity contribution is 5.91. The normalized spacial score (nSPS) is 15.3. The lowest BCUT2D eigenvalue weighted by Gasteiger charge is -2.23. The maximum Gasteiger partial charge on any atom is 0.335 e. The second kappa shape index (κ2) is 7.95. The van der Waals surface area contributed by atoms with Crippen molar-refractivity contribution in [2.24, 2.45) is 5.92 Å². The summed E-state index contributed by atoms with van der Waals surface area (Å²) in [6.07, 6.45) is 0.811. The van der Waals surface area contributed by atoms with Crippen molar-refractivity contribution in [3.05, 3.63) is 35.4 Å². The Hall–Kier alpha value is -2.37. The molecule has 6 heteroatoms. The van der Waals surface area contributed by atoms with Crippen molar-refractivity contribution in [2.45, 2.75) is 26.7 Å². The number of rotatable bonds is 4. The first kappa shape index (κ1) is 18.0. The SMILES string of the molecule is CC(C)C(=O)N1CCCN(C(=O)Cc2ccccc2C(=O)O)CC1. The molecular formula is C18H24N2O4. The van der Waals surface area contributed by atoms with E-state index in [9.17, 15) is 19.5 Å². The summed E-state index contributed by atoms with van der Waals surface area (Å²) in [4.78, 5) is 39.4. The molecule has 1 fully saturated rings. The van der Waals surface area contributed by atoms with Crippen molar-refractivity contribution in [1.29, 1.82) is 0 Å². The summed E-state index contributed by atoms with van der Waals surface area (Å²) in [5.74, 6) is -1.05. The van der Waals surface area contributed by atoms with Gasteiger partial charge in [-0.1, -0.05) is 32.0 Å². The second-order valence-electron chi connectivity index (χ2n) is 6.35. The van der Waals surface area contributed by atoms with Crippen LogP contribution >= 0.6 is 0 Å². The van der Waals surface area contributed by atoms with Crippen LogP contribution in [-0.2, 0) is 16.0 Å². The molecule has 2 amide bonds. The number of carboxylic acid groups (broad SMARTS) is 1. The molecule has 1 aromatic carbocycles. The molecule has 6 nitrogen and oxygen atoms in total. The summed E-state index contributed by atoms with van der Waals surface area (Å²) in [6.45, 7) is 6.02. The van der Waals surface area contributed by atoms with Crippen LogP contribution in [0.3, 0.4) is 0 Å². The number of aromatic carboxylic acids is 1. The average molecular weight is 332 g/mol. The molecule has 2 rings (SSSR count). The maximum absolute atomic E-state index is 12.5. The van der Waals surface area contributed by atoms with Crippen LogP contribution in [0.5, 0.6) is 0 Å². The Kier molecular flexibility index (Phi) is 5.95. The quantitative estimate of drug-likeness (QED) is 0.909. The first-order valence-corrected chi connectivity index (χ1v) is 8.28. The molecule has 130 valence electrons. The fourth-order valence-electron chi connectivity index (χ4n) is 2.91. The number of benzene rings is 1. The first-order chi connectivity index (χ1) is 11.4. The van der Waals surface area contributed by atoms with Crippen LogP contribution in [0.15, 0.2) is 24.3 Å². The summed E-state index contributed by atoms with van der Waals surface area (Å²) in [7, 11) is 0. The van der Waals surface area contributed by atoms with Gasteiger partial charge in [-0.3, -0.25) is 9.59 Å². The minimum Gasteiger partial charge on any atom is -0.478 e. The largest absolute Gasteiger partial charge is 0.478 e. The predicted molar refractivity (Wildman–Crippen MR) is 89.7 cm³/mol. The van der Waals surface area contributed by atoms with E-state index in [1.54, 1.807) is 23.1 Å². The number of hydrogen-bond acceptors (Lipinski definition) is 3. The Morgan fingerprint density at radius 2 is 1.67 bits per heavy atom. The molecule has 0 aliphatic carbocycles. The third kappa shape index (κ3) is 4.34. The molecule has 0 bridgehead atoms. The number of amides is 2. The highest BCUT2D eigenvalue weighted by Gasteiger charge is 2.24. The van der Waals surface area contributed by atoms with Gasteiger partial charge in [-0.2, -0.15) is 0 Å². The monoisotopic (exact) mass is 332 g/mol. The third-order valence-corrected chi connectivity index (χ3v) is 4.24. The fourth-order valence-corrected chi connectivity index (χ4v) is 2.91. The van der Waals surface area contributed by atoms with Crippen LogP contribution in [-0.4, -0.2) is 58.9 Å². The van der Waals surface area contributed by atoms with Crippen molar-refractivity contribution in [1.82, 2.24) is 9.80 Å². The van der Waals surface area contributed by atoms with Crippen LogP contribution in [0, 0.1) is 5.92 Å². The summed E-state index contributed by atoms with van der Waals surface area (Å²) >= 11 is 0. The van der Waals surface area contributed by atoms with E-state index in [4.69, 9.17) is 0 Å². The molecule has 0 unspecified atom stereocenters. The number of carbonyl (C=O) groups is 3. The van der Waals surface area contributed by atoms with Gasteiger partial charge >= 0.3 is 5.97 Å².